The molecule has 0 saturated heterocycles. The van der Waals surface area contributed by atoms with Crippen molar-refractivity contribution in [2.24, 2.45) is 0 Å². The van der Waals surface area contributed by atoms with E-state index in [4.69, 9.17) is 0 Å². The zero-order valence-corrected chi connectivity index (χ0v) is 13.2. The van der Waals surface area contributed by atoms with E-state index >= 15 is 0 Å². The van der Waals surface area contributed by atoms with E-state index in [0.29, 0.717) is 6.54 Å². The fourth-order valence-corrected chi connectivity index (χ4v) is 2.69. The van der Waals surface area contributed by atoms with E-state index in [2.05, 4.69) is 48.4 Å². The Morgan fingerprint density at radius 3 is 2.45 bits per heavy atom. The van der Waals surface area contributed by atoms with Gasteiger partial charge in [-0.3, -0.25) is 4.79 Å². The van der Waals surface area contributed by atoms with Crippen molar-refractivity contribution >= 4 is 16.6 Å². The minimum atomic E-state index is -0.0321. The van der Waals surface area contributed by atoms with E-state index in [1.807, 2.05) is 25.1 Å². The largest absolute Gasteiger partial charge is 0.381 e. The Hall–Kier alpha value is -2.55. The summed E-state index contributed by atoms with van der Waals surface area (Å²) in [6.45, 7) is 6.69. The van der Waals surface area contributed by atoms with Crippen molar-refractivity contribution < 1.29 is 0 Å². The summed E-state index contributed by atoms with van der Waals surface area (Å²) in [5.41, 5.74) is 6.24. The number of aromatic amines is 1. The Kier molecular flexibility index (Phi) is 3.72. The van der Waals surface area contributed by atoms with Crippen molar-refractivity contribution in [1.82, 2.24) is 4.98 Å². The highest BCUT2D eigenvalue weighted by molar-refractivity contribution is 5.79. The van der Waals surface area contributed by atoms with Crippen LogP contribution in [0.1, 0.15) is 22.3 Å². The van der Waals surface area contributed by atoms with Crippen molar-refractivity contribution in [2.45, 2.75) is 27.3 Å². The normalized spacial score (nSPS) is 10.9. The van der Waals surface area contributed by atoms with Gasteiger partial charge in [0.05, 0.1) is 0 Å². The van der Waals surface area contributed by atoms with Crippen LogP contribution in [-0.4, -0.2) is 4.98 Å². The number of rotatable bonds is 3. The minimum absolute atomic E-state index is 0.0321. The molecule has 0 aliphatic carbocycles. The van der Waals surface area contributed by atoms with E-state index in [-0.39, 0.29) is 5.56 Å². The lowest BCUT2D eigenvalue weighted by molar-refractivity contribution is 1.08. The average molecular weight is 292 g/mol. The lowest BCUT2D eigenvalue weighted by Gasteiger charge is -2.10. The average Bonchev–Trinajstić information content (AvgIpc) is 2.46. The molecule has 2 aromatic carbocycles. The Labute approximate surface area is 130 Å². The van der Waals surface area contributed by atoms with E-state index in [1.165, 1.54) is 11.1 Å². The number of hydrogen-bond donors (Lipinski definition) is 2. The van der Waals surface area contributed by atoms with Crippen LogP contribution in [-0.2, 0) is 6.54 Å². The molecule has 0 amide bonds. The maximum atomic E-state index is 12.2. The highest BCUT2D eigenvalue weighted by Crippen LogP contribution is 2.18. The summed E-state index contributed by atoms with van der Waals surface area (Å²) < 4.78 is 0. The first-order valence-electron chi connectivity index (χ1n) is 7.46. The fourth-order valence-electron chi connectivity index (χ4n) is 2.69. The number of anilines is 1. The molecule has 0 saturated carbocycles. The highest BCUT2D eigenvalue weighted by atomic mass is 16.1. The summed E-state index contributed by atoms with van der Waals surface area (Å²) in [7, 11) is 0. The lowest BCUT2D eigenvalue weighted by Crippen LogP contribution is -2.16. The first-order chi connectivity index (χ1) is 10.5. The molecule has 1 heterocycles. The molecule has 0 bridgehead atoms. The van der Waals surface area contributed by atoms with Crippen LogP contribution in [0.4, 0.5) is 5.69 Å². The summed E-state index contributed by atoms with van der Waals surface area (Å²) >= 11 is 0. The molecule has 22 heavy (non-hydrogen) atoms. The molecule has 3 heteroatoms. The third kappa shape index (κ3) is 2.89. The number of aromatic nitrogens is 1. The van der Waals surface area contributed by atoms with Crippen LogP contribution >= 0.6 is 0 Å². The molecule has 0 aliphatic rings. The number of H-pyrrole nitrogens is 1. The molecule has 1 aromatic heterocycles. The molecule has 0 unspecified atom stereocenters. The zero-order chi connectivity index (χ0) is 15.7. The maximum absolute atomic E-state index is 12.2. The summed E-state index contributed by atoms with van der Waals surface area (Å²) in [5, 5.41) is 4.41. The molecular weight excluding hydrogens is 272 g/mol. The standard InChI is InChI=1S/C19H20N2O/c1-12-5-7-17(14(3)8-12)20-11-16-10-15-6-4-13(2)9-18(15)21-19(16)22/h4-10,20H,11H2,1-3H3,(H,21,22). The minimum Gasteiger partial charge on any atom is -0.381 e. The number of fused-ring (bicyclic) bond motifs is 1. The third-order valence-corrected chi connectivity index (χ3v) is 3.93. The molecule has 3 aromatic rings. The second kappa shape index (κ2) is 5.68. The lowest BCUT2D eigenvalue weighted by atomic mass is 10.1. The molecular formula is C19H20N2O. The van der Waals surface area contributed by atoms with Crippen LogP contribution in [0.3, 0.4) is 0 Å². The van der Waals surface area contributed by atoms with Gasteiger partial charge in [0.25, 0.3) is 5.56 Å². The molecule has 0 radical (unpaired) electrons. The van der Waals surface area contributed by atoms with Gasteiger partial charge in [0.1, 0.15) is 0 Å². The molecule has 3 rings (SSSR count). The van der Waals surface area contributed by atoms with Crippen LogP contribution in [0.25, 0.3) is 10.9 Å². The monoisotopic (exact) mass is 292 g/mol. The summed E-state index contributed by atoms with van der Waals surface area (Å²) in [5.74, 6) is 0. The Morgan fingerprint density at radius 2 is 1.68 bits per heavy atom. The number of aryl methyl sites for hydroxylation is 3. The number of nitrogens with one attached hydrogen (secondary N) is 2. The van der Waals surface area contributed by atoms with Crippen molar-refractivity contribution in [3.8, 4) is 0 Å². The van der Waals surface area contributed by atoms with Crippen molar-refractivity contribution in [3.63, 3.8) is 0 Å². The Bertz CT molecular complexity index is 894. The highest BCUT2D eigenvalue weighted by Gasteiger charge is 2.04. The Balaban J connectivity index is 1.89. The summed E-state index contributed by atoms with van der Waals surface area (Å²) in [6.07, 6.45) is 0. The van der Waals surface area contributed by atoms with Crippen LogP contribution in [0.15, 0.2) is 47.3 Å². The van der Waals surface area contributed by atoms with E-state index in [0.717, 1.165) is 27.7 Å². The summed E-state index contributed by atoms with van der Waals surface area (Å²) in [4.78, 5) is 15.2. The third-order valence-electron chi connectivity index (χ3n) is 3.93. The van der Waals surface area contributed by atoms with Gasteiger partial charge in [0, 0.05) is 23.3 Å². The predicted octanol–water partition coefficient (Wildman–Crippen LogP) is 4.07. The van der Waals surface area contributed by atoms with Gasteiger partial charge in [0.15, 0.2) is 0 Å². The van der Waals surface area contributed by atoms with Crippen LogP contribution < -0.4 is 10.9 Å². The second-order valence-electron chi connectivity index (χ2n) is 5.89. The van der Waals surface area contributed by atoms with Crippen LogP contribution in [0, 0.1) is 20.8 Å². The molecule has 0 aliphatic heterocycles. The fraction of sp³-hybridized carbons (Fsp3) is 0.211. The van der Waals surface area contributed by atoms with Gasteiger partial charge in [-0.2, -0.15) is 0 Å². The predicted molar refractivity (Wildman–Crippen MR) is 92.5 cm³/mol. The van der Waals surface area contributed by atoms with Crippen molar-refractivity contribution in [1.29, 1.82) is 0 Å². The first-order valence-corrected chi connectivity index (χ1v) is 7.46. The van der Waals surface area contributed by atoms with Gasteiger partial charge in [-0.1, -0.05) is 29.8 Å². The van der Waals surface area contributed by atoms with Gasteiger partial charge < -0.3 is 10.3 Å². The number of hydrogen-bond acceptors (Lipinski definition) is 2. The van der Waals surface area contributed by atoms with Gasteiger partial charge in [-0.15, -0.1) is 0 Å². The molecule has 3 nitrogen and oxygen atoms in total. The maximum Gasteiger partial charge on any atom is 0.253 e. The molecule has 112 valence electrons. The van der Waals surface area contributed by atoms with Crippen LogP contribution in [0.2, 0.25) is 0 Å². The van der Waals surface area contributed by atoms with E-state index < -0.39 is 0 Å². The summed E-state index contributed by atoms with van der Waals surface area (Å²) in [6, 6.07) is 14.3. The van der Waals surface area contributed by atoms with Gasteiger partial charge in [-0.05, 0) is 55.5 Å². The molecule has 2 N–H and O–H groups in total. The number of benzene rings is 2. The quantitative estimate of drug-likeness (QED) is 0.764. The number of pyridine rings is 1. The van der Waals surface area contributed by atoms with E-state index in [1.54, 1.807) is 0 Å². The smallest absolute Gasteiger partial charge is 0.253 e. The zero-order valence-electron chi connectivity index (χ0n) is 13.2. The Morgan fingerprint density at radius 1 is 0.955 bits per heavy atom. The van der Waals surface area contributed by atoms with Gasteiger partial charge >= 0.3 is 0 Å². The van der Waals surface area contributed by atoms with E-state index in [9.17, 15) is 4.79 Å². The van der Waals surface area contributed by atoms with Crippen molar-refractivity contribution in [3.05, 3.63) is 75.1 Å². The second-order valence-corrected chi connectivity index (χ2v) is 5.89. The SMILES string of the molecule is Cc1ccc(NCc2cc3ccc(C)cc3[nH]c2=O)c(C)c1. The van der Waals surface area contributed by atoms with Crippen LogP contribution in [0.5, 0.6) is 0 Å². The molecule has 0 spiro atoms. The molecule has 0 atom stereocenters. The van der Waals surface area contributed by atoms with Gasteiger partial charge in [-0.25, -0.2) is 0 Å². The van der Waals surface area contributed by atoms with Crippen molar-refractivity contribution in [2.75, 3.05) is 5.32 Å². The molecule has 0 fully saturated rings. The first kappa shape index (κ1) is 14.4. The topological polar surface area (TPSA) is 44.9 Å². The van der Waals surface area contributed by atoms with Gasteiger partial charge in [0.2, 0.25) is 0 Å².